The summed E-state index contributed by atoms with van der Waals surface area (Å²) < 4.78 is 4.63. The molecule has 5 heteroatoms. The van der Waals surface area contributed by atoms with Crippen molar-refractivity contribution in [3.8, 4) is 0 Å². The normalized spacial score (nSPS) is 9.08. The van der Waals surface area contributed by atoms with Gasteiger partial charge in [0.15, 0.2) is 0 Å². The molecule has 0 atom stereocenters. The molecule has 0 unspecified atom stereocenters. The third kappa shape index (κ3) is 6.85. The molecule has 0 aliphatic heterocycles. The molecule has 0 spiro atoms. The fourth-order valence-electron chi connectivity index (χ4n) is 0.661. The number of carbonyl (C=O) groups excluding carboxylic acids is 1. The zero-order chi connectivity index (χ0) is 9.40. The van der Waals surface area contributed by atoms with Crippen LogP contribution in [0, 0.1) is 0 Å². The van der Waals surface area contributed by atoms with Gasteiger partial charge in [-0.1, -0.05) is 0 Å². The summed E-state index contributed by atoms with van der Waals surface area (Å²) in [7, 11) is 0. The van der Waals surface area contributed by atoms with Crippen molar-refractivity contribution in [1.29, 1.82) is 0 Å². The van der Waals surface area contributed by atoms with Crippen molar-refractivity contribution in [3.05, 3.63) is 0 Å². The zero-order valence-electron chi connectivity index (χ0n) is 7.00. The third-order valence-corrected chi connectivity index (χ3v) is 1.14. The lowest BCUT2D eigenvalue weighted by Crippen LogP contribution is -2.22. The van der Waals surface area contributed by atoms with Crippen LogP contribution in [-0.4, -0.2) is 30.3 Å². The summed E-state index contributed by atoms with van der Waals surface area (Å²) in [4.78, 5) is 20.6. The smallest absolute Gasteiger partial charge is 0.404 e. The van der Waals surface area contributed by atoms with E-state index >= 15 is 0 Å². The van der Waals surface area contributed by atoms with E-state index in [-0.39, 0.29) is 18.9 Å². The Morgan fingerprint density at radius 1 is 1.50 bits per heavy atom. The van der Waals surface area contributed by atoms with Crippen molar-refractivity contribution in [1.82, 2.24) is 5.32 Å². The molecule has 0 aliphatic rings. The zero-order valence-corrected chi connectivity index (χ0v) is 7.00. The number of rotatable bonds is 5. The van der Waals surface area contributed by atoms with Gasteiger partial charge in [0.1, 0.15) is 0 Å². The first-order valence-electron chi connectivity index (χ1n) is 3.79. The second-order valence-corrected chi connectivity index (χ2v) is 2.14. The minimum Gasteiger partial charge on any atom is -0.466 e. The highest BCUT2D eigenvalue weighted by Gasteiger charge is 2.00. The monoisotopic (exact) mass is 175 g/mol. The van der Waals surface area contributed by atoms with Crippen LogP contribution in [0.5, 0.6) is 0 Å². The van der Waals surface area contributed by atoms with Gasteiger partial charge in [0.2, 0.25) is 0 Å². The van der Waals surface area contributed by atoms with E-state index in [1.165, 1.54) is 0 Å². The summed E-state index contributed by atoms with van der Waals surface area (Å²) >= 11 is 0. The minimum absolute atomic E-state index is 0.258. The van der Waals surface area contributed by atoms with Gasteiger partial charge in [0, 0.05) is 13.0 Å². The van der Waals surface area contributed by atoms with Crippen LogP contribution in [0.3, 0.4) is 0 Å². The molecule has 70 valence electrons. The topological polar surface area (TPSA) is 75.6 Å². The molecule has 0 saturated heterocycles. The molecule has 0 rings (SSSR count). The maximum absolute atomic E-state index is 10.7. The number of hydrogen-bond acceptors (Lipinski definition) is 3. The number of ether oxygens (including phenoxy) is 1. The van der Waals surface area contributed by atoms with Gasteiger partial charge < -0.3 is 15.2 Å². The van der Waals surface area contributed by atoms with Crippen LogP contribution in [0.1, 0.15) is 19.8 Å². The molecular weight excluding hydrogens is 162 g/mol. The average Bonchev–Trinajstić information content (AvgIpc) is 1.98. The Morgan fingerprint density at radius 2 is 2.17 bits per heavy atom. The fourth-order valence-corrected chi connectivity index (χ4v) is 0.661. The van der Waals surface area contributed by atoms with Crippen molar-refractivity contribution in [2.24, 2.45) is 0 Å². The molecule has 0 aromatic heterocycles. The molecule has 0 radical (unpaired) electrons. The fraction of sp³-hybridized carbons (Fsp3) is 0.714. The van der Waals surface area contributed by atoms with Crippen molar-refractivity contribution >= 4 is 12.1 Å². The highest BCUT2D eigenvalue weighted by Crippen LogP contribution is 1.90. The van der Waals surface area contributed by atoms with Crippen LogP contribution in [0.15, 0.2) is 0 Å². The Morgan fingerprint density at radius 3 is 2.67 bits per heavy atom. The number of carboxylic acid groups (broad SMARTS) is 1. The first-order chi connectivity index (χ1) is 5.66. The first kappa shape index (κ1) is 10.7. The molecule has 5 nitrogen and oxygen atoms in total. The summed E-state index contributed by atoms with van der Waals surface area (Å²) in [5.41, 5.74) is 0. The van der Waals surface area contributed by atoms with E-state index in [2.05, 4.69) is 10.1 Å². The van der Waals surface area contributed by atoms with Gasteiger partial charge in [0.05, 0.1) is 6.61 Å². The van der Waals surface area contributed by atoms with Gasteiger partial charge in [0.25, 0.3) is 0 Å². The van der Waals surface area contributed by atoms with Gasteiger partial charge in [-0.15, -0.1) is 0 Å². The molecule has 12 heavy (non-hydrogen) atoms. The lowest BCUT2D eigenvalue weighted by molar-refractivity contribution is -0.143. The molecule has 1 amide bonds. The molecule has 0 bridgehead atoms. The second-order valence-electron chi connectivity index (χ2n) is 2.14. The quantitative estimate of drug-likeness (QED) is 0.474. The highest BCUT2D eigenvalue weighted by molar-refractivity contribution is 5.69. The lowest BCUT2D eigenvalue weighted by atomic mass is 10.3. The second kappa shape index (κ2) is 6.45. The summed E-state index contributed by atoms with van der Waals surface area (Å²) in [6, 6.07) is 0. The number of carbonyl (C=O) groups is 2. The Bertz CT molecular complexity index is 157. The predicted molar refractivity (Wildman–Crippen MR) is 41.9 cm³/mol. The van der Waals surface area contributed by atoms with Gasteiger partial charge in [-0.25, -0.2) is 4.79 Å². The molecule has 0 aromatic carbocycles. The Labute approximate surface area is 70.7 Å². The number of amides is 1. The van der Waals surface area contributed by atoms with Crippen molar-refractivity contribution in [2.45, 2.75) is 19.8 Å². The van der Waals surface area contributed by atoms with E-state index in [1.54, 1.807) is 6.92 Å². The maximum Gasteiger partial charge on any atom is 0.404 e. The number of hydrogen-bond donors (Lipinski definition) is 2. The number of esters is 1. The van der Waals surface area contributed by atoms with E-state index < -0.39 is 6.09 Å². The van der Waals surface area contributed by atoms with Crippen LogP contribution >= 0.6 is 0 Å². The summed E-state index contributed by atoms with van der Waals surface area (Å²) in [5, 5.41) is 10.3. The van der Waals surface area contributed by atoms with Crippen LogP contribution in [0.25, 0.3) is 0 Å². The van der Waals surface area contributed by atoms with E-state index in [1.807, 2.05) is 0 Å². The molecular formula is C7H13NO4. The third-order valence-electron chi connectivity index (χ3n) is 1.14. The average molecular weight is 175 g/mol. The molecule has 0 saturated carbocycles. The van der Waals surface area contributed by atoms with E-state index in [9.17, 15) is 9.59 Å². The summed E-state index contributed by atoms with van der Waals surface area (Å²) in [6.07, 6.45) is -0.335. The SMILES string of the molecule is CCOC(=O)CCCNC(=O)O. The minimum atomic E-state index is -1.07. The molecule has 0 aromatic rings. The lowest BCUT2D eigenvalue weighted by Gasteiger charge is -2.01. The van der Waals surface area contributed by atoms with Crippen molar-refractivity contribution in [2.75, 3.05) is 13.2 Å². The van der Waals surface area contributed by atoms with Gasteiger partial charge in [-0.3, -0.25) is 4.79 Å². The Hall–Kier alpha value is -1.26. The maximum atomic E-state index is 10.7. The molecule has 0 fully saturated rings. The van der Waals surface area contributed by atoms with Crippen LogP contribution < -0.4 is 5.32 Å². The standard InChI is InChI=1S/C7H13NO4/c1-2-12-6(9)4-3-5-8-7(10)11/h8H,2-5H2,1H3,(H,10,11). The molecule has 2 N–H and O–H groups in total. The van der Waals surface area contributed by atoms with Crippen molar-refractivity contribution in [3.63, 3.8) is 0 Å². The van der Waals surface area contributed by atoms with Crippen LogP contribution in [-0.2, 0) is 9.53 Å². The van der Waals surface area contributed by atoms with E-state index in [0.717, 1.165) is 0 Å². The van der Waals surface area contributed by atoms with Gasteiger partial charge in [-0.2, -0.15) is 0 Å². The molecule has 0 heterocycles. The Balaban J connectivity index is 3.19. The summed E-state index contributed by atoms with van der Waals surface area (Å²) in [6.45, 7) is 2.38. The van der Waals surface area contributed by atoms with Crippen LogP contribution in [0.2, 0.25) is 0 Å². The summed E-state index contributed by atoms with van der Waals surface area (Å²) in [5.74, 6) is -0.287. The largest absolute Gasteiger partial charge is 0.466 e. The first-order valence-corrected chi connectivity index (χ1v) is 3.79. The van der Waals surface area contributed by atoms with E-state index in [4.69, 9.17) is 5.11 Å². The van der Waals surface area contributed by atoms with Crippen molar-refractivity contribution < 1.29 is 19.4 Å². The molecule has 0 aliphatic carbocycles. The highest BCUT2D eigenvalue weighted by atomic mass is 16.5. The number of nitrogens with one attached hydrogen (secondary N) is 1. The van der Waals surface area contributed by atoms with Gasteiger partial charge >= 0.3 is 12.1 Å². The van der Waals surface area contributed by atoms with Gasteiger partial charge in [-0.05, 0) is 13.3 Å². The predicted octanol–water partition coefficient (Wildman–Crippen LogP) is 0.597. The van der Waals surface area contributed by atoms with Crippen LogP contribution in [0.4, 0.5) is 4.79 Å². The van der Waals surface area contributed by atoms with E-state index in [0.29, 0.717) is 13.0 Å². The Kier molecular flexibility index (Phi) is 5.77.